The number of hydrogen-bond donors (Lipinski definition) is 2. The summed E-state index contributed by atoms with van der Waals surface area (Å²) in [6.07, 6.45) is 0.214. The number of rotatable bonds is 6. The molecule has 0 aliphatic rings. The summed E-state index contributed by atoms with van der Waals surface area (Å²) >= 11 is 0. The Morgan fingerprint density at radius 2 is 2.18 bits per heavy atom. The molecule has 0 heterocycles. The molecule has 0 aromatic heterocycles. The molecule has 0 aliphatic heterocycles. The van der Waals surface area contributed by atoms with Gasteiger partial charge in [0.05, 0.1) is 13.1 Å². The van der Waals surface area contributed by atoms with E-state index in [1.807, 2.05) is 0 Å². The van der Waals surface area contributed by atoms with Crippen molar-refractivity contribution in [2.75, 3.05) is 26.2 Å². The molecule has 0 aromatic rings. The minimum atomic E-state index is 0.214. The third-order valence-electron chi connectivity index (χ3n) is 1.17. The number of carbonyl (C=O) groups is 1. The molecule has 0 atom stereocenters. The molecule has 0 saturated carbocycles. The molecule has 6 heteroatoms. The Labute approximate surface area is 65.3 Å². The van der Waals surface area contributed by atoms with Gasteiger partial charge in [-0.15, -0.1) is 0 Å². The van der Waals surface area contributed by atoms with Crippen molar-refractivity contribution in [1.29, 1.82) is 0 Å². The van der Waals surface area contributed by atoms with E-state index >= 15 is 0 Å². The second-order valence-electron chi connectivity index (χ2n) is 2.00. The van der Waals surface area contributed by atoms with Gasteiger partial charge in [0.15, 0.2) is 0 Å². The van der Waals surface area contributed by atoms with Gasteiger partial charge in [-0.05, 0) is 0 Å². The summed E-state index contributed by atoms with van der Waals surface area (Å²) in [6.45, 7) is 1.77. The molecule has 0 fully saturated rings. The Kier molecular flexibility index (Phi) is 5.67. The van der Waals surface area contributed by atoms with Crippen LogP contribution in [0.2, 0.25) is 0 Å². The maximum Gasteiger partial charge on any atom is 0.213 e. The molecule has 0 aliphatic carbocycles. The van der Waals surface area contributed by atoms with Crippen LogP contribution >= 0.6 is 0 Å². The van der Waals surface area contributed by atoms with Crippen molar-refractivity contribution in [3.63, 3.8) is 0 Å². The van der Waals surface area contributed by atoms with Crippen molar-refractivity contribution < 1.29 is 10.5 Å². The number of hydrazine groups is 1. The Morgan fingerprint density at radius 1 is 1.55 bits per heavy atom. The van der Waals surface area contributed by atoms with Gasteiger partial charge in [0, 0.05) is 13.1 Å². The number of hydrogen-bond acceptors (Lipinski definition) is 4. The summed E-state index contributed by atoms with van der Waals surface area (Å²) in [7, 11) is 0. The fraction of sp³-hybridized carbons (Fsp3) is 0.800. The van der Waals surface area contributed by atoms with Gasteiger partial charge in [-0.3, -0.25) is 4.79 Å². The highest BCUT2D eigenvalue weighted by molar-refractivity contribution is 5.46. The lowest BCUT2D eigenvalue weighted by Gasteiger charge is -2.35. The average molecular weight is 162 g/mol. The predicted octanol–water partition coefficient (Wildman–Crippen LogP) is -2.64. The highest BCUT2D eigenvalue weighted by Crippen LogP contribution is 1.88. The Morgan fingerprint density at radius 3 is 2.55 bits per heavy atom. The van der Waals surface area contributed by atoms with Crippen LogP contribution in [0.5, 0.6) is 0 Å². The summed E-state index contributed by atoms with van der Waals surface area (Å²) < 4.78 is 0. The fourth-order valence-corrected chi connectivity index (χ4v) is 0.707. The maximum absolute atomic E-state index is 10.7. The second kappa shape index (κ2) is 6.05. The molecule has 0 spiro atoms. The number of nitrogens with two attached hydrogens (primary N) is 1. The van der Waals surface area contributed by atoms with Gasteiger partial charge < -0.3 is 21.8 Å². The summed E-state index contributed by atoms with van der Waals surface area (Å²) in [5, 5.41) is 12.2. The van der Waals surface area contributed by atoms with Crippen molar-refractivity contribution in [3.05, 3.63) is 5.21 Å². The third kappa shape index (κ3) is 3.89. The number of nitrogens with zero attached hydrogens (tertiary/aromatic N) is 2. The molecule has 5 N–H and O–H groups in total. The molecule has 11 heavy (non-hydrogen) atoms. The van der Waals surface area contributed by atoms with Gasteiger partial charge in [0.1, 0.15) is 0 Å². The summed E-state index contributed by atoms with van der Waals surface area (Å²) in [4.78, 5) is 10.0. The summed E-state index contributed by atoms with van der Waals surface area (Å²) in [6, 6.07) is 0. The van der Waals surface area contributed by atoms with Crippen LogP contribution in [0.1, 0.15) is 0 Å². The van der Waals surface area contributed by atoms with Crippen LogP contribution < -0.4 is 11.5 Å². The van der Waals surface area contributed by atoms with E-state index in [4.69, 9.17) is 5.73 Å². The quantitative estimate of drug-likeness (QED) is 0.329. The van der Waals surface area contributed by atoms with Crippen molar-refractivity contribution in [1.82, 2.24) is 10.2 Å². The molecule has 0 radical (unpaired) electrons. The van der Waals surface area contributed by atoms with E-state index < -0.39 is 0 Å². The number of quaternary nitrogens is 1. The van der Waals surface area contributed by atoms with Crippen molar-refractivity contribution >= 4 is 6.41 Å². The van der Waals surface area contributed by atoms with Crippen LogP contribution in [0.15, 0.2) is 0 Å². The van der Waals surface area contributed by atoms with Crippen molar-refractivity contribution in [2.24, 2.45) is 5.73 Å². The molecule has 0 aromatic carbocycles. The molecule has 0 unspecified atom stereocenters. The zero-order valence-corrected chi connectivity index (χ0v) is 6.40. The Balaban J connectivity index is 3.75. The van der Waals surface area contributed by atoms with Crippen LogP contribution in [-0.2, 0) is 4.79 Å². The third-order valence-corrected chi connectivity index (χ3v) is 1.17. The molecular formula is C5H14N4O2. The van der Waals surface area contributed by atoms with E-state index in [0.29, 0.717) is 26.2 Å². The molecule has 0 bridgehead atoms. The van der Waals surface area contributed by atoms with Gasteiger partial charge in [0.2, 0.25) is 6.41 Å². The van der Waals surface area contributed by atoms with Crippen LogP contribution in [0.4, 0.5) is 0 Å². The van der Waals surface area contributed by atoms with Crippen LogP contribution in [0.25, 0.3) is 0 Å². The second-order valence-corrected chi connectivity index (χ2v) is 2.00. The van der Waals surface area contributed by atoms with E-state index in [1.54, 1.807) is 0 Å². The van der Waals surface area contributed by atoms with Gasteiger partial charge in [-0.25, -0.2) is 5.01 Å². The first kappa shape index (κ1) is 10.3. The number of amides is 1. The highest BCUT2D eigenvalue weighted by atomic mass is 16.6. The first-order chi connectivity index (χ1) is 5.26. The first-order valence-corrected chi connectivity index (χ1v) is 3.42. The zero-order chi connectivity index (χ0) is 8.69. The van der Waals surface area contributed by atoms with E-state index in [9.17, 15) is 10.0 Å². The van der Waals surface area contributed by atoms with Gasteiger partial charge >= 0.3 is 0 Å². The standard InChI is InChI=1S/C5H13N4O2/c6-1-3-8(4-2-7)9(11)5-10/h5H,1-4,6-7H2/q-1/p+1. The molecular weight excluding hydrogens is 148 g/mol. The normalized spacial score (nSPS) is 10.2. The topological polar surface area (TPSA) is 100 Å². The largest absolute Gasteiger partial charge is 0.741 e. The number of carbonyl (C=O) groups excluding carboxylic acids is 1. The van der Waals surface area contributed by atoms with E-state index in [-0.39, 0.29) is 11.6 Å². The molecule has 6 nitrogen and oxygen atoms in total. The monoisotopic (exact) mass is 162 g/mol. The molecule has 1 amide bonds. The molecule has 66 valence electrons. The zero-order valence-electron chi connectivity index (χ0n) is 6.40. The average Bonchev–Trinajstić information content (AvgIpc) is 2.03. The van der Waals surface area contributed by atoms with Crippen molar-refractivity contribution in [2.45, 2.75) is 0 Å². The smallest absolute Gasteiger partial charge is 0.213 e. The lowest BCUT2D eigenvalue weighted by Crippen LogP contribution is -2.57. The lowest BCUT2D eigenvalue weighted by atomic mass is 10.5. The van der Waals surface area contributed by atoms with Crippen LogP contribution in [0, 0.1) is 5.21 Å². The first-order valence-electron chi connectivity index (χ1n) is 3.42. The van der Waals surface area contributed by atoms with E-state index in [0.717, 1.165) is 0 Å². The van der Waals surface area contributed by atoms with E-state index in [1.165, 1.54) is 5.01 Å². The Bertz CT molecular complexity index is 105. The molecule has 0 rings (SSSR count). The lowest BCUT2D eigenvalue weighted by molar-refractivity contribution is -0.371. The minimum absolute atomic E-state index is 0.214. The minimum Gasteiger partial charge on any atom is -0.741 e. The SMILES string of the molecule is NCCN(CC[NH3+])N([O-])C=O. The van der Waals surface area contributed by atoms with Gasteiger partial charge in [-0.1, -0.05) is 0 Å². The maximum atomic E-state index is 10.7. The van der Waals surface area contributed by atoms with Crippen LogP contribution in [-0.4, -0.2) is 42.8 Å². The summed E-state index contributed by atoms with van der Waals surface area (Å²) in [5.74, 6) is 0. The van der Waals surface area contributed by atoms with Gasteiger partial charge in [-0.2, -0.15) is 0 Å². The summed E-state index contributed by atoms with van der Waals surface area (Å²) in [5.41, 5.74) is 8.77. The van der Waals surface area contributed by atoms with Crippen LogP contribution in [0.3, 0.4) is 0 Å². The number of hydroxylamine groups is 1. The molecule has 0 saturated heterocycles. The Hall–Kier alpha value is -0.690. The van der Waals surface area contributed by atoms with Gasteiger partial charge in [0.25, 0.3) is 0 Å². The highest BCUT2D eigenvalue weighted by Gasteiger charge is 2.02. The van der Waals surface area contributed by atoms with E-state index in [2.05, 4.69) is 5.73 Å². The predicted molar refractivity (Wildman–Crippen MR) is 39.7 cm³/mol. The fourth-order valence-electron chi connectivity index (χ4n) is 0.707. The van der Waals surface area contributed by atoms with Crippen molar-refractivity contribution in [3.8, 4) is 0 Å².